The van der Waals surface area contributed by atoms with E-state index in [1.807, 2.05) is 42.5 Å². The molecule has 2 N–H and O–H groups in total. The van der Waals surface area contributed by atoms with Gasteiger partial charge in [0.2, 0.25) is 0 Å². The first-order valence-electron chi connectivity index (χ1n) is 7.10. The molecule has 0 bridgehead atoms. The van der Waals surface area contributed by atoms with Crippen LogP contribution in [0, 0.1) is 5.92 Å². The molecule has 21 heavy (non-hydrogen) atoms. The van der Waals surface area contributed by atoms with E-state index in [0.29, 0.717) is 12.5 Å². The van der Waals surface area contributed by atoms with Crippen molar-refractivity contribution < 1.29 is 4.74 Å². The Labute approximate surface area is 134 Å². The van der Waals surface area contributed by atoms with Gasteiger partial charge in [-0.2, -0.15) is 0 Å². The highest BCUT2D eigenvalue weighted by atomic mass is 79.9. The molecule has 0 amide bonds. The lowest BCUT2D eigenvalue weighted by molar-refractivity contribution is 0.268. The molecule has 0 radical (unpaired) electrons. The van der Waals surface area contributed by atoms with Gasteiger partial charge in [-0.15, -0.1) is 0 Å². The van der Waals surface area contributed by atoms with Gasteiger partial charge in [0.1, 0.15) is 5.75 Å². The second-order valence-corrected chi connectivity index (χ2v) is 6.22. The summed E-state index contributed by atoms with van der Waals surface area (Å²) in [6.45, 7) is 5.70. The Kier molecular flexibility index (Phi) is 6.08. The Morgan fingerprint density at radius 2 is 1.86 bits per heavy atom. The van der Waals surface area contributed by atoms with Crippen LogP contribution in [0.5, 0.6) is 5.75 Å². The lowest BCUT2D eigenvalue weighted by atomic mass is 10.2. The maximum absolute atomic E-state index is 5.87. The second kappa shape index (κ2) is 8.05. The van der Waals surface area contributed by atoms with E-state index in [0.717, 1.165) is 28.1 Å². The molecule has 0 saturated carbocycles. The normalized spacial score (nSPS) is 10.7. The number of anilines is 1. The molecule has 0 aromatic heterocycles. The predicted octanol–water partition coefficient (Wildman–Crippen LogP) is 4.60. The number of para-hydroxylation sites is 1. The number of nitrogens with one attached hydrogen (secondary N) is 2. The van der Waals surface area contributed by atoms with E-state index in [1.165, 1.54) is 0 Å². The second-order valence-electron chi connectivity index (χ2n) is 5.30. The number of hydrogen-bond acceptors (Lipinski definition) is 3. The molecule has 0 spiro atoms. The molecule has 0 atom stereocenters. The van der Waals surface area contributed by atoms with Crippen LogP contribution in [-0.2, 0) is 6.54 Å². The number of hydrogen-bond donors (Lipinski definition) is 2. The molecule has 0 heterocycles. The average molecular weight is 349 g/mol. The van der Waals surface area contributed by atoms with E-state index in [-0.39, 0.29) is 0 Å². The minimum absolute atomic E-state index is 0.511. The molecular formula is C17H21BrN2O. The van der Waals surface area contributed by atoms with Crippen LogP contribution >= 0.6 is 15.9 Å². The lowest BCUT2D eigenvalue weighted by Crippen LogP contribution is -2.21. The topological polar surface area (TPSA) is 33.3 Å². The first-order chi connectivity index (χ1) is 10.1. The maximum Gasteiger partial charge on any atom is 0.123 e. The highest BCUT2D eigenvalue weighted by Crippen LogP contribution is 2.23. The van der Waals surface area contributed by atoms with Gasteiger partial charge in [0.25, 0.3) is 0 Å². The molecule has 2 aromatic rings. The SMILES string of the molecule is CC(C)COc1ccc(Br)cc1CNNc1ccccc1. The van der Waals surface area contributed by atoms with Crippen molar-refractivity contribution in [3.8, 4) is 5.75 Å². The third kappa shape index (κ3) is 5.40. The smallest absolute Gasteiger partial charge is 0.123 e. The van der Waals surface area contributed by atoms with Crippen LogP contribution in [0.3, 0.4) is 0 Å². The molecule has 0 saturated heterocycles. The molecule has 2 aromatic carbocycles. The Hall–Kier alpha value is -1.52. The predicted molar refractivity (Wildman–Crippen MR) is 91.4 cm³/mol. The van der Waals surface area contributed by atoms with Crippen LogP contribution < -0.4 is 15.6 Å². The Balaban J connectivity index is 1.96. The van der Waals surface area contributed by atoms with Crippen molar-refractivity contribution in [3.63, 3.8) is 0 Å². The molecule has 0 fully saturated rings. The number of benzene rings is 2. The molecule has 2 rings (SSSR count). The Bertz CT molecular complexity index is 558. The fourth-order valence-electron chi connectivity index (χ4n) is 1.85. The lowest BCUT2D eigenvalue weighted by Gasteiger charge is -2.15. The molecule has 0 aliphatic heterocycles. The maximum atomic E-state index is 5.87. The molecule has 0 aliphatic carbocycles. The zero-order valence-corrected chi connectivity index (χ0v) is 14.0. The van der Waals surface area contributed by atoms with Crippen LogP contribution in [0.4, 0.5) is 5.69 Å². The van der Waals surface area contributed by atoms with Crippen molar-refractivity contribution in [2.75, 3.05) is 12.0 Å². The first kappa shape index (κ1) is 15.9. The molecular weight excluding hydrogens is 328 g/mol. The summed E-state index contributed by atoms with van der Waals surface area (Å²) in [6, 6.07) is 16.1. The van der Waals surface area contributed by atoms with Crippen molar-refractivity contribution in [1.82, 2.24) is 5.43 Å². The summed E-state index contributed by atoms with van der Waals surface area (Å²) in [6.07, 6.45) is 0. The quantitative estimate of drug-likeness (QED) is 0.717. The van der Waals surface area contributed by atoms with E-state index in [1.54, 1.807) is 0 Å². The van der Waals surface area contributed by atoms with E-state index in [2.05, 4.69) is 46.7 Å². The number of rotatable bonds is 7. The van der Waals surface area contributed by atoms with Gasteiger partial charge < -0.3 is 10.2 Å². The van der Waals surface area contributed by atoms with Crippen molar-refractivity contribution in [3.05, 3.63) is 58.6 Å². The summed E-state index contributed by atoms with van der Waals surface area (Å²) < 4.78 is 6.92. The van der Waals surface area contributed by atoms with E-state index >= 15 is 0 Å². The fourth-order valence-corrected chi connectivity index (χ4v) is 2.25. The highest BCUT2D eigenvalue weighted by molar-refractivity contribution is 9.10. The molecule has 4 heteroatoms. The van der Waals surface area contributed by atoms with Gasteiger partial charge in [0.15, 0.2) is 0 Å². The van der Waals surface area contributed by atoms with Crippen molar-refractivity contribution in [1.29, 1.82) is 0 Å². The molecule has 112 valence electrons. The van der Waals surface area contributed by atoms with Gasteiger partial charge in [-0.3, -0.25) is 0 Å². The number of hydrazine groups is 1. The Morgan fingerprint density at radius 1 is 1.10 bits per heavy atom. The summed E-state index contributed by atoms with van der Waals surface area (Å²) >= 11 is 3.51. The minimum atomic E-state index is 0.511. The van der Waals surface area contributed by atoms with Crippen LogP contribution in [0.2, 0.25) is 0 Å². The van der Waals surface area contributed by atoms with Crippen LogP contribution in [0.15, 0.2) is 53.0 Å². The minimum Gasteiger partial charge on any atom is -0.493 e. The van der Waals surface area contributed by atoms with Gasteiger partial charge in [-0.1, -0.05) is 48.0 Å². The third-order valence-electron chi connectivity index (χ3n) is 2.88. The van der Waals surface area contributed by atoms with Gasteiger partial charge in [0.05, 0.1) is 6.61 Å². The summed E-state index contributed by atoms with van der Waals surface area (Å²) in [5, 5.41) is 0. The van der Waals surface area contributed by atoms with E-state index in [9.17, 15) is 0 Å². The van der Waals surface area contributed by atoms with Gasteiger partial charge in [0, 0.05) is 22.3 Å². The van der Waals surface area contributed by atoms with E-state index in [4.69, 9.17) is 4.74 Å². The third-order valence-corrected chi connectivity index (χ3v) is 3.37. The van der Waals surface area contributed by atoms with E-state index < -0.39 is 0 Å². The monoisotopic (exact) mass is 348 g/mol. The Morgan fingerprint density at radius 3 is 2.57 bits per heavy atom. The van der Waals surface area contributed by atoms with Crippen molar-refractivity contribution in [2.24, 2.45) is 5.92 Å². The van der Waals surface area contributed by atoms with Crippen molar-refractivity contribution in [2.45, 2.75) is 20.4 Å². The summed E-state index contributed by atoms with van der Waals surface area (Å²) in [7, 11) is 0. The molecule has 0 unspecified atom stereocenters. The number of halogens is 1. The highest BCUT2D eigenvalue weighted by Gasteiger charge is 2.05. The van der Waals surface area contributed by atoms with Gasteiger partial charge in [-0.25, -0.2) is 5.43 Å². The zero-order valence-electron chi connectivity index (χ0n) is 12.4. The molecule has 0 aliphatic rings. The van der Waals surface area contributed by atoms with Gasteiger partial charge in [-0.05, 0) is 36.2 Å². The summed E-state index contributed by atoms with van der Waals surface area (Å²) in [5.41, 5.74) is 8.56. The fraction of sp³-hybridized carbons (Fsp3) is 0.294. The van der Waals surface area contributed by atoms with Crippen molar-refractivity contribution >= 4 is 21.6 Å². The zero-order chi connectivity index (χ0) is 15.1. The largest absolute Gasteiger partial charge is 0.493 e. The average Bonchev–Trinajstić information content (AvgIpc) is 2.47. The van der Waals surface area contributed by atoms with Gasteiger partial charge >= 0.3 is 0 Å². The first-order valence-corrected chi connectivity index (χ1v) is 7.89. The summed E-state index contributed by atoms with van der Waals surface area (Å²) in [4.78, 5) is 0. The van der Waals surface area contributed by atoms with Crippen LogP contribution in [-0.4, -0.2) is 6.61 Å². The number of ether oxygens (including phenoxy) is 1. The standard InChI is InChI=1S/C17H21BrN2O/c1-13(2)12-21-17-9-8-15(18)10-14(17)11-19-20-16-6-4-3-5-7-16/h3-10,13,19-20H,11-12H2,1-2H3. The summed E-state index contributed by atoms with van der Waals surface area (Å²) in [5.74, 6) is 1.44. The molecule has 3 nitrogen and oxygen atoms in total. The van der Waals surface area contributed by atoms with Crippen LogP contribution in [0.1, 0.15) is 19.4 Å². The van der Waals surface area contributed by atoms with Crippen LogP contribution in [0.25, 0.3) is 0 Å².